The van der Waals surface area contributed by atoms with Gasteiger partial charge >= 0.3 is 0 Å². The van der Waals surface area contributed by atoms with Crippen LogP contribution in [0.15, 0.2) is 78.0 Å². The third kappa shape index (κ3) is 4.59. The zero-order valence-electron chi connectivity index (χ0n) is 18.3. The lowest BCUT2D eigenvalue weighted by Gasteiger charge is -2.23. The quantitative estimate of drug-likeness (QED) is 0.550. The molecule has 4 rings (SSSR count). The van der Waals surface area contributed by atoms with Gasteiger partial charge in [-0.1, -0.05) is 30.3 Å². The number of benzene rings is 2. The zero-order chi connectivity index (χ0) is 22.7. The summed E-state index contributed by atoms with van der Waals surface area (Å²) >= 11 is 0. The molecule has 0 saturated carbocycles. The molecule has 1 atom stereocenters. The van der Waals surface area contributed by atoms with Gasteiger partial charge in [-0.3, -0.25) is 9.78 Å². The van der Waals surface area contributed by atoms with Crippen LogP contribution in [0.5, 0.6) is 0 Å². The fraction of sp³-hybridized carbons (Fsp3) is 0.280. The number of hydrogen-bond donors (Lipinski definition) is 0. The first-order valence-corrected chi connectivity index (χ1v) is 12.2. The average Bonchev–Trinajstić information content (AvgIpc) is 3.13. The topological polar surface area (TPSA) is 70.6 Å². The number of carbonyl (C=O) groups excluding carboxylic acids is 1. The maximum absolute atomic E-state index is 13.7. The Morgan fingerprint density at radius 1 is 1.06 bits per heavy atom. The molecule has 0 aliphatic carbocycles. The molecular formula is C25H27N3O3S. The van der Waals surface area contributed by atoms with E-state index in [1.165, 1.54) is 11.2 Å². The van der Waals surface area contributed by atoms with E-state index in [4.69, 9.17) is 0 Å². The molecule has 3 aromatic rings. The van der Waals surface area contributed by atoms with Crippen molar-refractivity contribution in [2.45, 2.75) is 44.2 Å². The summed E-state index contributed by atoms with van der Waals surface area (Å²) in [5.41, 5.74) is 3.66. The first-order chi connectivity index (χ1) is 15.4. The van der Waals surface area contributed by atoms with Gasteiger partial charge in [0, 0.05) is 44.1 Å². The first kappa shape index (κ1) is 22.2. The molecule has 2 heterocycles. The number of rotatable bonds is 7. The fourth-order valence-corrected chi connectivity index (χ4v) is 5.75. The van der Waals surface area contributed by atoms with Gasteiger partial charge in [0.1, 0.15) is 0 Å². The maximum Gasteiger partial charge on any atom is 0.243 e. The Kier molecular flexibility index (Phi) is 6.39. The lowest BCUT2D eigenvalue weighted by Crippen LogP contribution is -2.33. The number of pyridine rings is 1. The summed E-state index contributed by atoms with van der Waals surface area (Å²) in [7, 11) is -3.74. The van der Waals surface area contributed by atoms with Crippen LogP contribution in [0.3, 0.4) is 0 Å². The summed E-state index contributed by atoms with van der Waals surface area (Å²) in [6.07, 6.45) is 4.60. The molecular weight excluding hydrogens is 422 g/mol. The van der Waals surface area contributed by atoms with Gasteiger partial charge in [0.05, 0.1) is 4.90 Å². The van der Waals surface area contributed by atoms with Crippen LogP contribution < -0.4 is 4.90 Å². The van der Waals surface area contributed by atoms with Crippen molar-refractivity contribution < 1.29 is 13.2 Å². The van der Waals surface area contributed by atoms with E-state index in [9.17, 15) is 13.2 Å². The minimum atomic E-state index is -3.74. The Balaban J connectivity index is 1.65. The number of nitrogens with zero attached hydrogens (tertiary/aromatic N) is 3. The highest BCUT2D eigenvalue weighted by molar-refractivity contribution is 7.89. The molecule has 1 aliphatic heterocycles. The van der Waals surface area contributed by atoms with Crippen molar-refractivity contribution in [2.24, 2.45) is 0 Å². The Hall–Kier alpha value is -3.03. The number of amides is 1. The number of fused-ring (bicyclic) bond motifs is 1. The van der Waals surface area contributed by atoms with E-state index in [0.717, 1.165) is 22.4 Å². The van der Waals surface area contributed by atoms with Crippen molar-refractivity contribution in [3.8, 4) is 0 Å². The third-order valence-electron chi connectivity index (χ3n) is 5.84. The Morgan fingerprint density at radius 2 is 1.78 bits per heavy atom. The number of carbonyl (C=O) groups is 1. The summed E-state index contributed by atoms with van der Waals surface area (Å²) in [5.74, 6) is -0.0333. The summed E-state index contributed by atoms with van der Waals surface area (Å²) in [6.45, 7) is 4.15. The van der Waals surface area contributed by atoms with E-state index in [1.54, 1.807) is 35.5 Å². The van der Waals surface area contributed by atoms with E-state index >= 15 is 0 Å². The summed E-state index contributed by atoms with van der Waals surface area (Å²) in [5, 5.41) is 0. The lowest BCUT2D eigenvalue weighted by atomic mass is 10.1. The zero-order valence-corrected chi connectivity index (χ0v) is 19.1. The van der Waals surface area contributed by atoms with Crippen LogP contribution in [-0.2, 0) is 34.2 Å². The molecule has 166 valence electrons. The van der Waals surface area contributed by atoms with Gasteiger partial charge in [0.2, 0.25) is 15.9 Å². The number of sulfonamides is 1. The van der Waals surface area contributed by atoms with Gasteiger partial charge in [0.15, 0.2) is 0 Å². The second-order valence-corrected chi connectivity index (χ2v) is 10.1. The highest BCUT2D eigenvalue weighted by Crippen LogP contribution is 2.34. The normalized spacial score (nSPS) is 15.7. The lowest BCUT2D eigenvalue weighted by molar-refractivity contribution is -0.116. The highest BCUT2D eigenvalue weighted by atomic mass is 32.2. The molecule has 2 aromatic carbocycles. The van der Waals surface area contributed by atoms with Gasteiger partial charge in [-0.2, -0.15) is 4.31 Å². The Morgan fingerprint density at radius 3 is 2.47 bits per heavy atom. The van der Waals surface area contributed by atoms with Crippen LogP contribution in [0.25, 0.3) is 0 Å². The van der Waals surface area contributed by atoms with Crippen molar-refractivity contribution in [3.63, 3.8) is 0 Å². The van der Waals surface area contributed by atoms with Gasteiger partial charge in [0.25, 0.3) is 0 Å². The fourth-order valence-electron chi connectivity index (χ4n) is 4.27. The van der Waals surface area contributed by atoms with E-state index < -0.39 is 10.0 Å². The third-order valence-corrected chi connectivity index (χ3v) is 7.69. The molecule has 0 fully saturated rings. The molecule has 1 amide bonds. The van der Waals surface area contributed by atoms with E-state index in [0.29, 0.717) is 19.4 Å². The van der Waals surface area contributed by atoms with Crippen molar-refractivity contribution >= 4 is 21.6 Å². The number of hydrogen-bond acceptors (Lipinski definition) is 4. The van der Waals surface area contributed by atoms with Gasteiger partial charge in [-0.05, 0) is 66.8 Å². The molecule has 0 unspecified atom stereocenters. The predicted molar refractivity (Wildman–Crippen MR) is 125 cm³/mol. The second kappa shape index (κ2) is 9.22. The standard InChI is InChI=1S/C25H27N3O3S/c1-19-16-23-17-24(8-9-25(23)28(19)20(2)29)32(30,31)27(18-22-10-13-26-14-11-22)15-12-21-6-4-3-5-7-21/h3-11,13-14,17,19H,12,15-16,18H2,1-2H3/t19-/m0/s1. The molecule has 32 heavy (non-hydrogen) atoms. The van der Waals surface area contributed by atoms with Crippen molar-refractivity contribution in [1.82, 2.24) is 9.29 Å². The summed E-state index contributed by atoms with van der Waals surface area (Å²) in [4.78, 5) is 18.1. The van der Waals surface area contributed by atoms with E-state index in [1.807, 2.05) is 49.4 Å². The largest absolute Gasteiger partial charge is 0.309 e. The van der Waals surface area contributed by atoms with Crippen LogP contribution in [-0.4, -0.2) is 36.2 Å². The van der Waals surface area contributed by atoms with Crippen LogP contribution in [0.1, 0.15) is 30.5 Å². The monoisotopic (exact) mass is 449 g/mol. The molecule has 0 saturated heterocycles. The van der Waals surface area contributed by atoms with Crippen LogP contribution in [0.4, 0.5) is 5.69 Å². The van der Waals surface area contributed by atoms with E-state index in [2.05, 4.69) is 4.98 Å². The minimum Gasteiger partial charge on any atom is -0.309 e. The first-order valence-electron chi connectivity index (χ1n) is 10.7. The SMILES string of the molecule is CC(=O)N1c2ccc(S(=O)(=O)N(CCc3ccccc3)Cc3ccncc3)cc2C[C@@H]1C. The predicted octanol–water partition coefficient (Wildman–Crippen LogP) is 3.81. The maximum atomic E-state index is 13.7. The Labute approximate surface area is 189 Å². The van der Waals surface area contributed by atoms with Gasteiger partial charge in [-0.15, -0.1) is 0 Å². The molecule has 7 heteroatoms. The van der Waals surface area contributed by atoms with Crippen LogP contribution in [0, 0.1) is 0 Å². The molecule has 0 bridgehead atoms. The van der Waals surface area contributed by atoms with Gasteiger partial charge in [-0.25, -0.2) is 8.42 Å². The number of anilines is 1. The molecule has 0 N–H and O–H groups in total. The van der Waals surface area contributed by atoms with Crippen LogP contribution in [0.2, 0.25) is 0 Å². The smallest absolute Gasteiger partial charge is 0.243 e. The van der Waals surface area contributed by atoms with Gasteiger partial charge < -0.3 is 4.90 Å². The number of aromatic nitrogens is 1. The second-order valence-electron chi connectivity index (χ2n) is 8.16. The molecule has 1 aliphatic rings. The van der Waals surface area contributed by atoms with Crippen molar-refractivity contribution in [2.75, 3.05) is 11.4 Å². The molecule has 0 spiro atoms. The molecule has 1 aromatic heterocycles. The van der Waals surface area contributed by atoms with Crippen molar-refractivity contribution in [1.29, 1.82) is 0 Å². The summed E-state index contributed by atoms with van der Waals surface area (Å²) in [6, 6.07) is 18.7. The van der Waals surface area contributed by atoms with Crippen molar-refractivity contribution in [3.05, 3.63) is 89.7 Å². The van der Waals surface area contributed by atoms with Crippen LogP contribution >= 0.6 is 0 Å². The highest BCUT2D eigenvalue weighted by Gasteiger charge is 2.32. The molecule has 6 nitrogen and oxygen atoms in total. The average molecular weight is 450 g/mol. The Bertz CT molecular complexity index is 1200. The minimum absolute atomic E-state index is 0.0199. The van der Waals surface area contributed by atoms with E-state index in [-0.39, 0.29) is 23.4 Å². The summed E-state index contributed by atoms with van der Waals surface area (Å²) < 4.78 is 28.9. The molecule has 0 radical (unpaired) electrons.